The maximum atomic E-state index is 11.6. The van der Waals surface area contributed by atoms with Crippen molar-refractivity contribution in [3.05, 3.63) is 35.4 Å². The Balaban J connectivity index is 0.00000126. The van der Waals surface area contributed by atoms with E-state index >= 15 is 0 Å². The molecule has 18 nitrogen and oxygen atoms in total. The Morgan fingerprint density at radius 3 is 1.35 bits per heavy atom. The van der Waals surface area contributed by atoms with Gasteiger partial charge in [-0.1, -0.05) is 75.3 Å². The van der Waals surface area contributed by atoms with Crippen LogP contribution in [0, 0.1) is 6.92 Å². The van der Waals surface area contributed by atoms with E-state index in [1.54, 1.807) is 12.4 Å². The standard InChI is InChI=1S/C25H45N3O8.C19H29N3O4/c1-3-5-10-18-33-22(29)13-14-23(30)34-19-11-12-20-35-24(31)27-15-8-6-7-9-16-28-25(32)36-21-17-26-4-2;1-16-7-9-17(10-8-16)15-20-13-14-26-19(24)22-12-6-4-3-5-11-21-18(23)25-2/h4H,3,5-21H2,1-2H3,(H,27,31)(H,28,32);7-10,15H,3-6,11-14H2,1-2H3,(H,21,23)(H,22,24). The van der Waals surface area contributed by atoms with Gasteiger partial charge in [0.1, 0.15) is 13.2 Å². The van der Waals surface area contributed by atoms with Crippen LogP contribution in [0.2, 0.25) is 0 Å². The molecule has 0 fully saturated rings. The van der Waals surface area contributed by atoms with E-state index in [1.807, 2.05) is 38.1 Å². The zero-order valence-corrected chi connectivity index (χ0v) is 37.6. The van der Waals surface area contributed by atoms with Crippen LogP contribution in [-0.2, 0) is 38.0 Å². The molecule has 0 aromatic heterocycles. The lowest BCUT2D eigenvalue weighted by Gasteiger charge is -2.08. The van der Waals surface area contributed by atoms with Gasteiger partial charge in [-0.2, -0.15) is 0 Å². The second-order valence-electron chi connectivity index (χ2n) is 13.9. The lowest BCUT2D eigenvalue weighted by Crippen LogP contribution is -2.26. The Hall–Kier alpha value is -5.42. The minimum absolute atomic E-state index is 0.00359. The third kappa shape index (κ3) is 40.0. The first-order chi connectivity index (χ1) is 30.1. The van der Waals surface area contributed by atoms with Gasteiger partial charge in [-0.25, -0.2) is 19.2 Å². The summed E-state index contributed by atoms with van der Waals surface area (Å²) in [5, 5.41) is 10.7. The lowest BCUT2D eigenvalue weighted by molar-refractivity contribution is -0.150. The molecule has 1 aromatic rings. The molecule has 4 N–H and O–H groups in total. The summed E-state index contributed by atoms with van der Waals surface area (Å²) in [7, 11) is 1.34. The van der Waals surface area contributed by atoms with E-state index in [9.17, 15) is 28.8 Å². The topological polar surface area (TPSA) is 231 Å². The number of rotatable bonds is 33. The molecule has 352 valence electrons. The van der Waals surface area contributed by atoms with Crippen LogP contribution in [0.1, 0.15) is 121 Å². The zero-order valence-electron chi connectivity index (χ0n) is 37.6. The first-order valence-corrected chi connectivity index (χ1v) is 22.0. The number of hydrogen-bond acceptors (Lipinski definition) is 14. The number of esters is 2. The summed E-state index contributed by atoms with van der Waals surface area (Å²) in [5.74, 6) is -0.821. The molecule has 0 aliphatic heterocycles. The number of benzene rings is 1. The van der Waals surface area contributed by atoms with Crippen molar-refractivity contribution in [2.45, 2.75) is 117 Å². The highest BCUT2D eigenvalue weighted by atomic mass is 16.6. The average molecular weight is 879 g/mol. The molecule has 18 heteroatoms. The Bertz CT molecular complexity index is 1390. The van der Waals surface area contributed by atoms with Crippen molar-refractivity contribution in [3.8, 4) is 0 Å². The van der Waals surface area contributed by atoms with Crippen LogP contribution < -0.4 is 21.3 Å². The number of methoxy groups -OCH3 is 1. The number of aliphatic imine (C=N–C) groups is 2. The highest BCUT2D eigenvalue weighted by molar-refractivity contribution is 5.79. The van der Waals surface area contributed by atoms with Crippen LogP contribution in [0.25, 0.3) is 0 Å². The predicted molar refractivity (Wildman–Crippen MR) is 238 cm³/mol. The summed E-state index contributed by atoms with van der Waals surface area (Å²) >= 11 is 0. The Morgan fingerprint density at radius 1 is 0.516 bits per heavy atom. The largest absolute Gasteiger partial charge is 0.466 e. The first kappa shape index (κ1) is 56.6. The molecular formula is C44H74N6O12. The predicted octanol–water partition coefficient (Wildman–Crippen LogP) is 6.98. The Labute approximate surface area is 368 Å². The van der Waals surface area contributed by atoms with E-state index in [0.29, 0.717) is 58.7 Å². The fourth-order valence-corrected chi connectivity index (χ4v) is 4.97. The number of hydrogen-bond donors (Lipinski definition) is 4. The van der Waals surface area contributed by atoms with Crippen molar-refractivity contribution in [1.29, 1.82) is 0 Å². The van der Waals surface area contributed by atoms with E-state index in [-0.39, 0.29) is 45.2 Å². The summed E-state index contributed by atoms with van der Waals surface area (Å²) in [5.41, 5.74) is 2.24. The number of unbranched alkanes of at least 4 members (excludes halogenated alkanes) is 9. The van der Waals surface area contributed by atoms with Gasteiger partial charge in [-0.15, -0.1) is 0 Å². The number of carbonyl (C=O) groups is 6. The van der Waals surface area contributed by atoms with Gasteiger partial charge in [0, 0.05) is 32.4 Å². The summed E-state index contributed by atoms with van der Waals surface area (Å²) in [6.45, 7) is 10.4. The van der Waals surface area contributed by atoms with E-state index in [4.69, 9.17) is 23.7 Å². The van der Waals surface area contributed by atoms with Crippen LogP contribution in [0.4, 0.5) is 19.2 Å². The minimum Gasteiger partial charge on any atom is -0.466 e. The number of amides is 4. The van der Waals surface area contributed by atoms with Crippen molar-refractivity contribution in [2.24, 2.45) is 9.98 Å². The molecule has 0 radical (unpaired) electrons. The Morgan fingerprint density at radius 2 is 0.919 bits per heavy atom. The molecule has 0 unspecified atom stereocenters. The van der Waals surface area contributed by atoms with Crippen LogP contribution in [-0.4, -0.2) is 128 Å². The van der Waals surface area contributed by atoms with Gasteiger partial charge >= 0.3 is 36.3 Å². The van der Waals surface area contributed by atoms with Crippen molar-refractivity contribution < 1.29 is 57.2 Å². The van der Waals surface area contributed by atoms with Crippen LogP contribution in [0.15, 0.2) is 34.3 Å². The highest BCUT2D eigenvalue weighted by Crippen LogP contribution is 2.03. The van der Waals surface area contributed by atoms with Crippen molar-refractivity contribution in [3.63, 3.8) is 0 Å². The first-order valence-electron chi connectivity index (χ1n) is 22.0. The number of alkyl carbamates (subject to hydrolysis) is 4. The third-order valence-corrected chi connectivity index (χ3v) is 8.46. The number of ether oxygens (including phenoxy) is 6. The van der Waals surface area contributed by atoms with Crippen molar-refractivity contribution in [2.75, 3.05) is 79.4 Å². The maximum Gasteiger partial charge on any atom is 0.407 e. The number of carbonyl (C=O) groups excluding carboxylic acids is 6. The van der Waals surface area contributed by atoms with Crippen molar-refractivity contribution in [1.82, 2.24) is 21.3 Å². The second kappa shape index (κ2) is 42.3. The zero-order chi connectivity index (χ0) is 45.7. The van der Waals surface area contributed by atoms with Gasteiger partial charge in [0.25, 0.3) is 0 Å². The molecule has 62 heavy (non-hydrogen) atoms. The Kier molecular flexibility index (Phi) is 38.6. The van der Waals surface area contributed by atoms with Crippen LogP contribution in [0.5, 0.6) is 0 Å². The summed E-state index contributed by atoms with van der Waals surface area (Å²) in [6, 6.07) is 8.05. The third-order valence-electron chi connectivity index (χ3n) is 8.46. The molecule has 1 rings (SSSR count). The molecule has 0 bridgehead atoms. The molecule has 1 aromatic carbocycles. The van der Waals surface area contributed by atoms with Gasteiger partial charge < -0.3 is 49.7 Å². The fourth-order valence-electron chi connectivity index (χ4n) is 4.97. The van der Waals surface area contributed by atoms with Crippen molar-refractivity contribution >= 4 is 48.7 Å². The fraction of sp³-hybridized carbons (Fsp3) is 0.682. The van der Waals surface area contributed by atoms with E-state index in [1.165, 1.54) is 12.7 Å². The molecule has 0 aliphatic carbocycles. The van der Waals surface area contributed by atoms with Gasteiger partial charge in [0.2, 0.25) is 0 Å². The average Bonchev–Trinajstić information content (AvgIpc) is 3.26. The van der Waals surface area contributed by atoms with Crippen LogP contribution >= 0.6 is 0 Å². The number of nitrogens with one attached hydrogen (secondary N) is 4. The quantitative estimate of drug-likeness (QED) is 0.0243. The second-order valence-corrected chi connectivity index (χ2v) is 13.9. The molecule has 0 atom stereocenters. The summed E-state index contributed by atoms with van der Waals surface area (Å²) in [4.78, 5) is 76.7. The molecule has 4 amide bonds. The van der Waals surface area contributed by atoms with E-state index in [0.717, 1.165) is 76.2 Å². The molecule has 0 heterocycles. The monoisotopic (exact) mass is 879 g/mol. The lowest BCUT2D eigenvalue weighted by atomic mass is 10.2. The molecular weight excluding hydrogens is 805 g/mol. The number of nitrogens with zero attached hydrogens (tertiary/aromatic N) is 2. The summed E-state index contributed by atoms with van der Waals surface area (Å²) in [6.07, 6.45) is 13.0. The van der Waals surface area contributed by atoms with Gasteiger partial charge in [0.05, 0.1) is 52.9 Å². The molecule has 0 saturated carbocycles. The van der Waals surface area contributed by atoms with Gasteiger partial charge in [-0.05, 0) is 70.6 Å². The van der Waals surface area contributed by atoms with Gasteiger partial charge in [-0.3, -0.25) is 19.6 Å². The molecule has 0 saturated heterocycles. The maximum absolute atomic E-state index is 11.6. The number of aryl methyl sites for hydroxylation is 1. The normalized spacial score (nSPS) is 10.6. The van der Waals surface area contributed by atoms with Crippen LogP contribution in [0.3, 0.4) is 0 Å². The molecule has 0 spiro atoms. The SMILES string of the molecule is CC=NCCOC(=O)NCCCCCCNC(=O)OCCCCOC(=O)CCC(=O)OCCCCC.COC(=O)NCCCCCCNC(=O)OCCN=Cc1ccc(C)cc1. The molecule has 0 aliphatic rings. The van der Waals surface area contributed by atoms with E-state index < -0.39 is 30.3 Å². The summed E-state index contributed by atoms with van der Waals surface area (Å²) < 4.78 is 29.7. The van der Waals surface area contributed by atoms with E-state index in [2.05, 4.69) is 42.9 Å². The van der Waals surface area contributed by atoms with Gasteiger partial charge in [0.15, 0.2) is 0 Å². The highest BCUT2D eigenvalue weighted by Gasteiger charge is 2.09. The minimum atomic E-state index is -0.471. The smallest absolute Gasteiger partial charge is 0.407 e.